The van der Waals surface area contributed by atoms with Crippen molar-refractivity contribution in [2.45, 2.75) is 49.4 Å². The number of hydrogen-bond donors (Lipinski definition) is 0. The van der Waals surface area contributed by atoms with E-state index in [4.69, 9.17) is 8.83 Å². The molecule has 3 nitrogen and oxygen atoms in total. The average Bonchev–Trinajstić information content (AvgIpc) is 1.50. The standard InChI is InChI=1S/C90H57NO2/c1-87(2)65-32-14-11-29-59(65)81-82-62-31-13-20-39-77(62)93-86(82)83-60-43-41-51(46-71(60)88(3,4)85(83)84(81)87)91(75-37-21-23-50-22-5-6-24-53(50)75)52-40-42-58-63-48-74-64(49-73(63)90(72(58)47-52)68-35-17-9-27-56(68)57-28-10-18-36-69(57)90)79-70(44-45-78-80(79)61-30-12-19-38-76(61)92-78)89(74)66-33-15-7-25-54(66)55-26-8-16-34-67(55)89/h5-49H,1-4H3. The summed E-state index contributed by atoms with van der Waals surface area (Å²) in [5.74, 6) is 0. The van der Waals surface area contributed by atoms with Crippen LogP contribution in [0.5, 0.6) is 0 Å². The maximum absolute atomic E-state index is 7.20. The first-order valence-corrected chi connectivity index (χ1v) is 32.9. The highest BCUT2D eigenvalue weighted by molar-refractivity contribution is 6.21. The van der Waals surface area contributed by atoms with Gasteiger partial charge in [-0.2, -0.15) is 0 Å². The van der Waals surface area contributed by atoms with Gasteiger partial charge in [0.05, 0.1) is 16.5 Å². The summed E-state index contributed by atoms with van der Waals surface area (Å²) in [5.41, 5.74) is 36.3. The molecular weight excluding hydrogens is 1130 g/mol. The Kier molecular flexibility index (Phi) is 9.23. The van der Waals surface area contributed by atoms with Crippen LogP contribution < -0.4 is 4.90 Å². The number of nitrogens with zero attached hydrogens (tertiary/aromatic N) is 1. The molecule has 22 rings (SSSR count). The van der Waals surface area contributed by atoms with Crippen LogP contribution in [0.25, 0.3) is 121 Å². The third-order valence-electron chi connectivity index (χ3n) is 23.2. The highest BCUT2D eigenvalue weighted by Crippen LogP contribution is 2.70. The Hall–Kier alpha value is -11.3. The van der Waals surface area contributed by atoms with Gasteiger partial charge in [-0.3, -0.25) is 0 Å². The Labute approximate surface area is 538 Å². The molecule has 14 aromatic carbocycles. The topological polar surface area (TPSA) is 29.5 Å². The van der Waals surface area contributed by atoms with Crippen molar-refractivity contribution in [2.24, 2.45) is 0 Å². The van der Waals surface area contributed by atoms with Crippen LogP contribution in [0, 0.1) is 0 Å². The first kappa shape index (κ1) is 50.5. The lowest BCUT2D eigenvalue weighted by atomic mass is 9.68. The second kappa shape index (κ2) is 17.0. The van der Waals surface area contributed by atoms with E-state index in [1.165, 1.54) is 160 Å². The molecule has 0 amide bonds. The zero-order valence-electron chi connectivity index (χ0n) is 51.7. The lowest BCUT2D eigenvalue weighted by Crippen LogP contribution is -2.27. The van der Waals surface area contributed by atoms with Crippen molar-refractivity contribution in [2.75, 3.05) is 4.90 Å². The van der Waals surface area contributed by atoms with Crippen LogP contribution in [0.2, 0.25) is 0 Å². The Morgan fingerprint density at radius 2 is 0.720 bits per heavy atom. The van der Waals surface area contributed by atoms with Gasteiger partial charge in [0.1, 0.15) is 22.3 Å². The van der Waals surface area contributed by atoms with Gasteiger partial charge in [0, 0.05) is 54.7 Å². The van der Waals surface area contributed by atoms with Crippen LogP contribution >= 0.6 is 0 Å². The molecule has 2 spiro atoms. The smallest absolute Gasteiger partial charge is 0.144 e. The minimum absolute atomic E-state index is 0.259. The fraction of sp³-hybridized carbons (Fsp3) is 0.0889. The van der Waals surface area contributed by atoms with Gasteiger partial charge in [-0.25, -0.2) is 0 Å². The first-order chi connectivity index (χ1) is 45.7. The van der Waals surface area contributed by atoms with Gasteiger partial charge in [0.2, 0.25) is 0 Å². The second-order valence-electron chi connectivity index (χ2n) is 28.0. The van der Waals surface area contributed by atoms with E-state index in [1.807, 2.05) is 0 Å². The van der Waals surface area contributed by atoms with Crippen molar-refractivity contribution < 1.29 is 8.83 Å². The molecule has 0 bridgehead atoms. The predicted molar refractivity (Wildman–Crippen MR) is 381 cm³/mol. The van der Waals surface area contributed by atoms with Crippen molar-refractivity contribution in [1.82, 2.24) is 0 Å². The van der Waals surface area contributed by atoms with Crippen molar-refractivity contribution >= 4 is 71.7 Å². The number of hydrogen-bond acceptors (Lipinski definition) is 3. The highest BCUT2D eigenvalue weighted by Gasteiger charge is 2.57. The molecule has 16 aromatic rings. The van der Waals surface area contributed by atoms with E-state index in [1.54, 1.807) is 0 Å². The Morgan fingerprint density at radius 3 is 1.39 bits per heavy atom. The molecule has 2 aromatic heterocycles. The number of para-hydroxylation sites is 2. The molecular formula is C90H57NO2. The molecule has 0 atom stereocenters. The summed E-state index contributed by atoms with van der Waals surface area (Å²) in [6.45, 7) is 9.81. The van der Waals surface area contributed by atoms with Gasteiger partial charge in [-0.05, 0) is 194 Å². The average molecular weight is 1180 g/mol. The van der Waals surface area contributed by atoms with E-state index in [2.05, 4.69) is 306 Å². The third-order valence-corrected chi connectivity index (χ3v) is 23.2. The van der Waals surface area contributed by atoms with E-state index in [9.17, 15) is 0 Å². The number of benzene rings is 14. The molecule has 6 aliphatic rings. The monoisotopic (exact) mass is 1180 g/mol. The summed E-state index contributed by atoms with van der Waals surface area (Å²) in [7, 11) is 0. The van der Waals surface area contributed by atoms with Gasteiger partial charge >= 0.3 is 0 Å². The molecule has 0 N–H and O–H groups in total. The zero-order chi connectivity index (χ0) is 61.2. The van der Waals surface area contributed by atoms with Crippen molar-refractivity contribution in [1.29, 1.82) is 0 Å². The molecule has 0 aliphatic heterocycles. The molecule has 3 heteroatoms. The molecule has 0 saturated carbocycles. The lowest BCUT2D eigenvalue weighted by Gasteiger charge is -2.33. The Balaban J connectivity index is 0.825. The van der Waals surface area contributed by atoms with Crippen LogP contribution in [-0.2, 0) is 21.7 Å². The van der Waals surface area contributed by atoms with E-state index >= 15 is 0 Å². The van der Waals surface area contributed by atoms with Crippen molar-refractivity contribution in [3.63, 3.8) is 0 Å². The Bertz CT molecular complexity index is 6060. The van der Waals surface area contributed by atoms with E-state index in [-0.39, 0.29) is 5.41 Å². The molecule has 434 valence electrons. The summed E-state index contributed by atoms with van der Waals surface area (Å²) >= 11 is 0. The molecule has 2 heterocycles. The van der Waals surface area contributed by atoms with Crippen LogP contribution in [0.4, 0.5) is 17.1 Å². The number of fused-ring (bicyclic) bond motifs is 37. The molecule has 0 radical (unpaired) electrons. The van der Waals surface area contributed by atoms with E-state index in [0.717, 1.165) is 44.8 Å². The third kappa shape index (κ3) is 5.80. The summed E-state index contributed by atoms with van der Waals surface area (Å²) in [5, 5.41) is 7.08. The van der Waals surface area contributed by atoms with Crippen LogP contribution in [0.1, 0.15) is 94.5 Å². The molecule has 0 fully saturated rings. The largest absolute Gasteiger partial charge is 0.456 e. The predicted octanol–water partition coefficient (Wildman–Crippen LogP) is 23.4. The number of furan rings is 2. The van der Waals surface area contributed by atoms with Gasteiger partial charge in [-0.1, -0.05) is 240 Å². The molecule has 0 saturated heterocycles. The zero-order valence-corrected chi connectivity index (χ0v) is 51.7. The summed E-state index contributed by atoms with van der Waals surface area (Å²) in [6.07, 6.45) is 0. The van der Waals surface area contributed by atoms with Gasteiger partial charge in [0.15, 0.2) is 0 Å². The summed E-state index contributed by atoms with van der Waals surface area (Å²) in [6, 6.07) is 104. The molecule has 0 unspecified atom stereocenters. The molecule has 93 heavy (non-hydrogen) atoms. The number of rotatable bonds is 3. The normalized spacial score (nSPS) is 15.7. The Morgan fingerprint density at radius 1 is 0.269 bits per heavy atom. The van der Waals surface area contributed by atoms with Gasteiger partial charge < -0.3 is 13.7 Å². The maximum atomic E-state index is 7.20. The first-order valence-electron chi connectivity index (χ1n) is 32.9. The molecule has 6 aliphatic carbocycles. The second-order valence-corrected chi connectivity index (χ2v) is 28.0. The van der Waals surface area contributed by atoms with Crippen LogP contribution in [0.15, 0.2) is 282 Å². The highest BCUT2D eigenvalue weighted by atomic mass is 16.3. The van der Waals surface area contributed by atoms with Crippen LogP contribution in [0.3, 0.4) is 0 Å². The number of anilines is 3. The van der Waals surface area contributed by atoms with Gasteiger partial charge in [-0.15, -0.1) is 0 Å². The van der Waals surface area contributed by atoms with Crippen molar-refractivity contribution in [3.05, 3.63) is 340 Å². The fourth-order valence-corrected chi connectivity index (χ4v) is 19.7. The van der Waals surface area contributed by atoms with E-state index < -0.39 is 16.2 Å². The SMILES string of the molecule is CC1(C)c2cc(N(c3ccc4c(c3)C3(c5ccccc5-c5ccccc53)c3cc5c(cc3-4)C3(c4ccccc4-c4ccccc43)c3ccc4oc6ccccc6c4c3-5)c3cccc4ccccc34)ccc2-c2c1c1c(c3c2oc2ccccc23)-c2ccccc2C1(C)C. The lowest BCUT2D eigenvalue weighted by molar-refractivity contribution is 0.600. The van der Waals surface area contributed by atoms with E-state index in [0.29, 0.717) is 0 Å². The summed E-state index contributed by atoms with van der Waals surface area (Å²) < 4.78 is 14.1. The minimum atomic E-state index is -0.689. The maximum Gasteiger partial charge on any atom is 0.144 e. The quantitative estimate of drug-likeness (QED) is 0.177. The minimum Gasteiger partial charge on any atom is -0.456 e. The van der Waals surface area contributed by atoms with Crippen molar-refractivity contribution in [3.8, 4) is 66.8 Å². The van der Waals surface area contributed by atoms with Gasteiger partial charge in [0.25, 0.3) is 0 Å². The summed E-state index contributed by atoms with van der Waals surface area (Å²) in [4.78, 5) is 2.57. The fourth-order valence-electron chi connectivity index (χ4n) is 19.7. The van der Waals surface area contributed by atoms with Crippen LogP contribution in [-0.4, -0.2) is 0 Å².